The number of hydrogen-bond acceptors (Lipinski definition) is 7. The molecule has 132 valence electrons. The topological polar surface area (TPSA) is 108 Å². The van der Waals surface area contributed by atoms with Crippen LogP contribution in [0.25, 0.3) is 0 Å². The second kappa shape index (κ2) is 6.94. The smallest absolute Gasteiger partial charge is 0.337 e. The molecule has 0 unspecified atom stereocenters. The minimum absolute atomic E-state index is 0.0608. The number of imide groups is 1. The Hall–Kier alpha value is -2.87. The minimum Gasteiger partial charge on any atom is -0.465 e. The highest BCUT2D eigenvalue weighted by atomic mass is 16.5. The molecular formula is C17H19N3O5. The Morgan fingerprint density at radius 3 is 2.72 bits per heavy atom. The normalized spacial score (nSPS) is 16.7. The van der Waals surface area contributed by atoms with E-state index in [2.05, 4.69) is 10.6 Å². The van der Waals surface area contributed by atoms with E-state index in [0.717, 1.165) is 23.4 Å². The van der Waals surface area contributed by atoms with Crippen molar-refractivity contribution < 1.29 is 24.2 Å². The van der Waals surface area contributed by atoms with Crippen molar-refractivity contribution in [2.45, 2.75) is 18.9 Å². The molecule has 1 heterocycles. The van der Waals surface area contributed by atoms with Crippen LogP contribution in [0.5, 0.6) is 0 Å². The lowest BCUT2D eigenvalue weighted by atomic mass is 10.1. The van der Waals surface area contributed by atoms with Gasteiger partial charge in [0.1, 0.15) is 5.70 Å². The summed E-state index contributed by atoms with van der Waals surface area (Å²) in [5.41, 5.74) is 1.67. The first-order valence-electron chi connectivity index (χ1n) is 7.97. The van der Waals surface area contributed by atoms with E-state index >= 15 is 0 Å². The summed E-state index contributed by atoms with van der Waals surface area (Å²) in [6.45, 7) is -0.361. The summed E-state index contributed by atoms with van der Waals surface area (Å²) in [5.74, 6) is -1.49. The summed E-state index contributed by atoms with van der Waals surface area (Å²) < 4.78 is 4.72. The van der Waals surface area contributed by atoms with Crippen molar-refractivity contribution in [2.24, 2.45) is 0 Å². The molecule has 3 N–H and O–H groups in total. The number of carbonyl (C=O) groups excluding carboxylic acids is 3. The van der Waals surface area contributed by atoms with Gasteiger partial charge in [-0.2, -0.15) is 0 Å². The van der Waals surface area contributed by atoms with Crippen molar-refractivity contribution in [3.05, 3.63) is 35.5 Å². The van der Waals surface area contributed by atoms with Gasteiger partial charge in [0.05, 0.1) is 37.2 Å². The van der Waals surface area contributed by atoms with Crippen molar-refractivity contribution in [3.8, 4) is 0 Å². The van der Waals surface area contributed by atoms with Crippen LogP contribution in [0.1, 0.15) is 23.2 Å². The fourth-order valence-electron chi connectivity index (χ4n) is 2.52. The lowest BCUT2D eigenvalue weighted by molar-refractivity contribution is -0.137. The quantitative estimate of drug-likeness (QED) is 0.493. The van der Waals surface area contributed by atoms with Crippen LogP contribution < -0.4 is 10.6 Å². The highest BCUT2D eigenvalue weighted by molar-refractivity contribution is 6.17. The largest absolute Gasteiger partial charge is 0.465 e. The number of methoxy groups -OCH3 is 1. The number of hydrogen-bond donors (Lipinski definition) is 3. The summed E-state index contributed by atoms with van der Waals surface area (Å²) in [6.07, 6.45) is 3.30. The predicted molar refractivity (Wildman–Crippen MR) is 89.9 cm³/mol. The van der Waals surface area contributed by atoms with Gasteiger partial charge in [0.25, 0.3) is 11.8 Å². The zero-order chi connectivity index (χ0) is 18.0. The Labute approximate surface area is 144 Å². The molecule has 8 nitrogen and oxygen atoms in total. The van der Waals surface area contributed by atoms with E-state index < -0.39 is 17.8 Å². The molecule has 3 rings (SSSR count). The van der Waals surface area contributed by atoms with Crippen molar-refractivity contribution in [2.75, 3.05) is 30.9 Å². The van der Waals surface area contributed by atoms with Crippen molar-refractivity contribution >= 4 is 29.2 Å². The summed E-state index contributed by atoms with van der Waals surface area (Å²) in [7, 11) is 1.29. The van der Waals surface area contributed by atoms with Crippen LogP contribution >= 0.6 is 0 Å². The standard InChI is InChI=1S/C17H19N3O5/c1-25-17(24)10-2-5-12(18-11-3-4-11)13(8-10)19-14-9-15(22)20(6-7-21)16(14)23/h2,5,8-9,11,18-19,21H,3-4,6-7H2,1H3. The van der Waals surface area contributed by atoms with E-state index in [1.165, 1.54) is 13.2 Å². The number of carbonyl (C=O) groups is 3. The zero-order valence-corrected chi connectivity index (χ0v) is 13.7. The van der Waals surface area contributed by atoms with Gasteiger partial charge in [0.15, 0.2) is 0 Å². The van der Waals surface area contributed by atoms with Crippen LogP contribution in [0.3, 0.4) is 0 Å². The van der Waals surface area contributed by atoms with Crippen LogP contribution in [-0.4, -0.2) is 54.1 Å². The molecule has 0 atom stereocenters. The van der Waals surface area contributed by atoms with E-state index in [1.807, 2.05) is 0 Å². The van der Waals surface area contributed by atoms with Crippen LogP contribution in [0.2, 0.25) is 0 Å². The fraction of sp³-hybridized carbons (Fsp3) is 0.353. The monoisotopic (exact) mass is 345 g/mol. The minimum atomic E-state index is -0.514. The van der Waals surface area contributed by atoms with Crippen molar-refractivity contribution in [1.29, 1.82) is 0 Å². The SMILES string of the molecule is COC(=O)c1ccc(NC2CC2)c(NC2=CC(=O)N(CCO)C2=O)c1. The molecule has 0 saturated heterocycles. The van der Waals surface area contributed by atoms with Gasteiger partial charge in [-0.3, -0.25) is 14.5 Å². The van der Waals surface area contributed by atoms with Gasteiger partial charge >= 0.3 is 5.97 Å². The van der Waals surface area contributed by atoms with E-state index in [4.69, 9.17) is 9.84 Å². The number of anilines is 2. The summed E-state index contributed by atoms with van der Waals surface area (Å²) in [4.78, 5) is 36.9. The van der Waals surface area contributed by atoms with Gasteiger partial charge in [0, 0.05) is 12.1 Å². The average Bonchev–Trinajstić information content (AvgIpc) is 3.38. The van der Waals surface area contributed by atoms with Gasteiger partial charge in [-0.05, 0) is 31.0 Å². The summed E-state index contributed by atoms with van der Waals surface area (Å²) in [5, 5.41) is 15.2. The molecule has 1 aromatic carbocycles. The van der Waals surface area contributed by atoms with Crippen LogP contribution in [-0.2, 0) is 14.3 Å². The van der Waals surface area contributed by atoms with Gasteiger partial charge in [-0.15, -0.1) is 0 Å². The van der Waals surface area contributed by atoms with Crippen LogP contribution in [0.15, 0.2) is 30.0 Å². The molecule has 2 amide bonds. The van der Waals surface area contributed by atoms with Crippen LogP contribution in [0, 0.1) is 0 Å². The van der Waals surface area contributed by atoms with Gasteiger partial charge in [-0.25, -0.2) is 4.79 Å². The number of aliphatic hydroxyl groups is 1. The second-order valence-electron chi connectivity index (χ2n) is 5.87. The zero-order valence-electron chi connectivity index (χ0n) is 13.7. The van der Waals surface area contributed by atoms with Crippen molar-refractivity contribution in [3.63, 3.8) is 0 Å². The number of nitrogens with zero attached hydrogens (tertiary/aromatic N) is 1. The first-order chi connectivity index (χ1) is 12.0. The highest BCUT2D eigenvalue weighted by Crippen LogP contribution is 2.32. The number of benzene rings is 1. The molecule has 0 bridgehead atoms. The Morgan fingerprint density at radius 2 is 2.08 bits per heavy atom. The molecule has 0 radical (unpaired) electrons. The second-order valence-corrected chi connectivity index (χ2v) is 5.87. The van der Waals surface area contributed by atoms with Crippen molar-refractivity contribution in [1.82, 2.24) is 4.90 Å². The molecule has 25 heavy (non-hydrogen) atoms. The molecular weight excluding hydrogens is 326 g/mol. The third-order valence-corrected chi connectivity index (χ3v) is 3.98. The first-order valence-corrected chi connectivity index (χ1v) is 7.97. The number of rotatable bonds is 7. The van der Waals surface area contributed by atoms with Gasteiger partial charge < -0.3 is 20.5 Å². The maximum Gasteiger partial charge on any atom is 0.337 e. The number of amides is 2. The van der Waals surface area contributed by atoms with Gasteiger partial charge in [-0.1, -0.05) is 0 Å². The molecule has 1 fully saturated rings. The Bertz CT molecular complexity index is 755. The third kappa shape index (κ3) is 3.63. The lowest BCUT2D eigenvalue weighted by Crippen LogP contribution is -2.34. The molecule has 0 aromatic heterocycles. The summed E-state index contributed by atoms with van der Waals surface area (Å²) in [6, 6.07) is 5.31. The predicted octanol–water partition coefficient (Wildman–Crippen LogP) is 0.704. The molecule has 1 saturated carbocycles. The third-order valence-electron chi connectivity index (χ3n) is 3.98. The molecule has 8 heteroatoms. The van der Waals surface area contributed by atoms with E-state index in [9.17, 15) is 14.4 Å². The molecule has 1 aromatic rings. The Morgan fingerprint density at radius 1 is 1.32 bits per heavy atom. The molecule has 2 aliphatic rings. The maximum absolute atomic E-state index is 12.3. The number of aliphatic hydroxyl groups excluding tert-OH is 1. The number of β-amino-alcohol motifs (C(OH)–C–C–N with tert-alkyl or cyclic N) is 1. The van der Waals surface area contributed by atoms with E-state index in [-0.39, 0.29) is 18.8 Å². The van der Waals surface area contributed by atoms with Crippen LogP contribution in [0.4, 0.5) is 11.4 Å². The molecule has 0 spiro atoms. The first kappa shape index (κ1) is 17.0. The molecule has 1 aliphatic carbocycles. The Balaban J connectivity index is 1.86. The highest BCUT2D eigenvalue weighted by Gasteiger charge is 2.31. The number of esters is 1. The Kier molecular flexibility index (Phi) is 4.71. The molecule has 1 aliphatic heterocycles. The maximum atomic E-state index is 12.3. The van der Waals surface area contributed by atoms with E-state index in [1.54, 1.807) is 18.2 Å². The lowest BCUT2D eigenvalue weighted by Gasteiger charge is -2.16. The van der Waals surface area contributed by atoms with Gasteiger partial charge in [0.2, 0.25) is 0 Å². The number of nitrogens with one attached hydrogen (secondary N) is 2. The van der Waals surface area contributed by atoms with E-state index in [0.29, 0.717) is 17.3 Å². The fourth-order valence-corrected chi connectivity index (χ4v) is 2.52. The summed E-state index contributed by atoms with van der Waals surface area (Å²) >= 11 is 0. The number of ether oxygens (including phenoxy) is 1. The average molecular weight is 345 g/mol.